The van der Waals surface area contributed by atoms with Gasteiger partial charge in [0.15, 0.2) is 0 Å². The number of benzene rings is 1. The van der Waals surface area contributed by atoms with Crippen molar-refractivity contribution in [3.8, 4) is 0 Å². The van der Waals surface area contributed by atoms with E-state index in [4.69, 9.17) is 11.5 Å². The van der Waals surface area contributed by atoms with E-state index >= 15 is 0 Å². The first kappa shape index (κ1) is 22.1. The molecule has 2 atom stereocenters. The minimum atomic E-state index is -1.63. The first-order valence-corrected chi connectivity index (χ1v) is 6.12. The smallest absolute Gasteiger partial charge is 0.675 e. The van der Waals surface area contributed by atoms with Crippen molar-refractivity contribution in [3.63, 3.8) is 0 Å². The van der Waals surface area contributed by atoms with Crippen molar-refractivity contribution in [1.29, 1.82) is 0 Å². The fourth-order valence-electron chi connectivity index (χ4n) is 1.37. The molecule has 0 radical (unpaired) electrons. The van der Waals surface area contributed by atoms with E-state index in [-0.39, 0.29) is 33.0 Å². The van der Waals surface area contributed by atoms with Crippen LogP contribution in [0.1, 0.15) is 31.9 Å². The summed E-state index contributed by atoms with van der Waals surface area (Å²) in [4.78, 5) is 18.6. The Hall–Kier alpha value is -1.23. The van der Waals surface area contributed by atoms with Crippen LogP contribution in [0.15, 0.2) is 30.3 Å². The van der Waals surface area contributed by atoms with Gasteiger partial charge < -0.3 is 31.3 Å². The van der Waals surface area contributed by atoms with E-state index in [0.29, 0.717) is 0 Å². The summed E-state index contributed by atoms with van der Waals surface area (Å²) < 4.78 is 0. The number of carbonyl (C=O) groups excluding carboxylic acids is 2. The summed E-state index contributed by atoms with van der Waals surface area (Å²) in [5, 5.41) is 18.6. The Morgan fingerprint density at radius 1 is 1.05 bits per heavy atom. The van der Waals surface area contributed by atoms with E-state index in [1.54, 1.807) is 0 Å². The maximum absolute atomic E-state index is 9.28. The molecule has 0 saturated heterocycles. The Balaban J connectivity index is 0. The second kappa shape index (κ2) is 11.4. The molecule has 118 valence electrons. The zero-order valence-corrected chi connectivity index (χ0v) is 14.0. The van der Waals surface area contributed by atoms with Gasteiger partial charge in [-0.15, -0.1) is 12.1 Å². The van der Waals surface area contributed by atoms with Gasteiger partial charge >= 0.3 is 21.1 Å². The summed E-state index contributed by atoms with van der Waals surface area (Å²) in [7, 11) is 0. The summed E-state index contributed by atoms with van der Waals surface area (Å²) in [5.74, 6) is -3.01. The molecule has 0 spiro atoms. The predicted molar refractivity (Wildman–Crippen MR) is 71.1 cm³/mol. The molecular formula is C14H18N2O4Pt. The second-order valence-electron chi connectivity index (χ2n) is 4.58. The molecule has 0 heterocycles. The quantitative estimate of drug-likeness (QED) is 0.584. The summed E-state index contributed by atoms with van der Waals surface area (Å²) in [6.07, 6.45) is -1.03. The standard InChI is InChI=1S/C11H16N2.C3H4O4.Pt/c1-8(2)10(12)11(13)9-6-4-3-5-7-9;4-2(5)1-3(6)7;/h3-8,10-13H,1-2H3;1H2,(H,4,5)(H,6,7);/q-2;;+4/p-2/t10-,11-;;/m1../s1. The second-order valence-corrected chi connectivity index (χ2v) is 4.58. The van der Waals surface area contributed by atoms with Crippen LogP contribution in [0.5, 0.6) is 0 Å². The van der Waals surface area contributed by atoms with Crippen molar-refractivity contribution in [2.45, 2.75) is 32.4 Å². The van der Waals surface area contributed by atoms with E-state index in [1.807, 2.05) is 44.2 Å². The van der Waals surface area contributed by atoms with Crippen LogP contribution in [0.25, 0.3) is 11.5 Å². The monoisotopic (exact) mass is 473 g/mol. The molecule has 0 bridgehead atoms. The average molecular weight is 473 g/mol. The van der Waals surface area contributed by atoms with E-state index in [0.717, 1.165) is 5.56 Å². The number of carbonyl (C=O) groups is 2. The largest absolute Gasteiger partial charge is 4.00 e. The van der Waals surface area contributed by atoms with Gasteiger partial charge in [-0.05, 0) is 0 Å². The van der Waals surface area contributed by atoms with Crippen LogP contribution in [-0.4, -0.2) is 18.0 Å². The van der Waals surface area contributed by atoms with Gasteiger partial charge in [-0.2, -0.15) is 0 Å². The van der Waals surface area contributed by atoms with E-state index in [2.05, 4.69) is 0 Å². The van der Waals surface area contributed by atoms with Crippen molar-refractivity contribution in [3.05, 3.63) is 47.4 Å². The van der Waals surface area contributed by atoms with Gasteiger partial charge in [0.05, 0.1) is 0 Å². The zero-order chi connectivity index (χ0) is 15.7. The van der Waals surface area contributed by atoms with Crippen molar-refractivity contribution in [2.75, 3.05) is 0 Å². The normalized spacial score (nSPS) is 12.4. The molecule has 0 aromatic heterocycles. The fraction of sp³-hybridized carbons (Fsp3) is 0.429. The van der Waals surface area contributed by atoms with Crippen LogP contribution in [0, 0.1) is 5.92 Å². The van der Waals surface area contributed by atoms with Gasteiger partial charge in [0.1, 0.15) is 0 Å². The molecule has 0 aliphatic heterocycles. The molecule has 7 heteroatoms. The van der Waals surface area contributed by atoms with E-state index in [1.165, 1.54) is 0 Å². The van der Waals surface area contributed by atoms with Gasteiger partial charge in [-0.3, -0.25) is 0 Å². The number of carboxylic acids is 2. The molecule has 6 nitrogen and oxygen atoms in total. The maximum Gasteiger partial charge on any atom is 4.00 e. The van der Waals surface area contributed by atoms with E-state index in [9.17, 15) is 19.8 Å². The zero-order valence-electron chi connectivity index (χ0n) is 11.8. The minimum absolute atomic E-state index is 0. The fourth-order valence-corrected chi connectivity index (χ4v) is 1.37. The summed E-state index contributed by atoms with van der Waals surface area (Å²) in [5.41, 5.74) is 16.6. The van der Waals surface area contributed by atoms with Crippen molar-refractivity contribution < 1.29 is 40.9 Å². The SMILES string of the molecule is CC(C)[C@@H]([NH-])[C@H]([NH-])c1ccccc1.O=C([O-])CC(=O)[O-].[Pt+4]. The first-order valence-electron chi connectivity index (χ1n) is 6.12. The Bertz CT molecular complexity index is 414. The molecule has 1 aromatic carbocycles. The molecule has 0 aliphatic carbocycles. The topological polar surface area (TPSA) is 128 Å². The third kappa shape index (κ3) is 10.2. The van der Waals surface area contributed by atoms with Crippen LogP contribution in [0.3, 0.4) is 0 Å². The van der Waals surface area contributed by atoms with Gasteiger partial charge in [0.2, 0.25) is 0 Å². The Kier molecular flexibility index (Phi) is 12.0. The number of aliphatic carboxylic acids is 2. The van der Waals surface area contributed by atoms with E-state index < -0.39 is 24.4 Å². The Labute approximate surface area is 138 Å². The molecule has 2 N–H and O–H groups in total. The van der Waals surface area contributed by atoms with Crippen LogP contribution in [-0.2, 0) is 30.7 Å². The molecule has 0 aliphatic rings. The number of hydrogen-bond donors (Lipinski definition) is 0. The summed E-state index contributed by atoms with van der Waals surface area (Å²) in [6.45, 7) is 3.98. The van der Waals surface area contributed by atoms with Gasteiger partial charge in [-0.25, -0.2) is 0 Å². The minimum Gasteiger partial charge on any atom is -0.675 e. The summed E-state index contributed by atoms with van der Waals surface area (Å²) in [6, 6.07) is 8.87. The first-order chi connectivity index (χ1) is 9.25. The molecule has 0 fully saturated rings. The van der Waals surface area contributed by atoms with Crippen LogP contribution in [0.4, 0.5) is 0 Å². The number of hydrogen-bond acceptors (Lipinski definition) is 4. The van der Waals surface area contributed by atoms with Crippen LogP contribution in [0.2, 0.25) is 0 Å². The van der Waals surface area contributed by atoms with Crippen molar-refractivity contribution in [2.24, 2.45) is 5.92 Å². The van der Waals surface area contributed by atoms with Crippen LogP contribution < -0.4 is 10.2 Å². The predicted octanol–water partition coefficient (Wildman–Crippen LogP) is 0.730. The molecule has 0 amide bonds. The van der Waals surface area contributed by atoms with Gasteiger partial charge in [0, 0.05) is 18.4 Å². The molecule has 0 saturated carbocycles. The number of rotatable bonds is 5. The van der Waals surface area contributed by atoms with Crippen LogP contribution >= 0.6 is 0 Å². The van der Waals surface area contributed by atoms with Gasteiger partial charge in [0.25, 0.3) is 0 Å². The van der Waals surface area contributed by atoms with Gasteiger partial charge in [-0.1, -0.05) is 55.7 Å². The van der Waals surface area contributed by atoms with Crippen molar-refractivity contribution in [1.82, 2.24) is 0 Å². The average Bonchev–Trinajstić information content (AvgIpc) is 2.37. The number of carboxylic acid groups (broad SMARTS) is 2. The maximum atomic E-state index is 9.28. The molecule has 1 aromatic rings. The third-order valence-corrected chi connectivity index (χ3v) is 2.52. The molecular weight excluding hydrogens is 455 g/mol. The third-order valence-electron chi connectivity index (χ3n) is 2.52. The Morgan fingerprint density at radius 2 is 1.48 bits per heavy atom. The molecule has 0 unspecified atom stereocenters. The summed E-state index contributed by atoms with van der Waals surface area (Å²) >= 11 is 0. The molecule has 21 heavy (non-hydrogen) atoms. The number of nitrogens with one attached hydrogen (secondary N) is 2. The molecule has 1 rings (SSSR count). The van der Waals surface area contributed by atoms with Crippen molar-refractivity contribution >= 4 is 11.9 Å². The Morgan fingerprint density at radius 3 is 1.76 bits per heavy atom.